The molecule has 5 heteroatoms. The first-order valence-electron chi connectivity index (χ1n) is 7.84. The normalized spacial score (nSPS) is 11.4. The van der Waals surface area contributed by atoms with Crippen molar-refractivity contribution in [3.63, 3.8) is 0 Å². The van der Waals surface area contributed by atoms with Crippen molar-refractivity contribution in [2.75, 3.05) is 39.8 Å². The average Bonchev–Trinajstić information content (AvgIpc) is 2.46. The molecule has 0 aromatic heterocycles. The van der Waals surface area contributed by atoms with Gasteiger partial charge in [0.25, 0.3) is 0 Å². The standard InChI is InChI=1S/C15H33N3O2/c1-5-7-9-17-11-15(3,12-18-10-8-6-2)13-20-14(19)16-4/h17-18H,5-13H2,1-4H3,(H,16,19). The predicted octanol–water partition coefficient (Wildman–Crippen LogP) is 2.13. The van der Waals surface area contributed by atoms with Gasteiger partial charge in [0.15, 0.2) is 0 Å². The van der Waals surface area contributed by atoms with Crippen molar-refractivity contribution in [1.29, 1.82) is 0 Å². The molecular weight excluding hydrogens is 254 g/mol. The summed E-state index contributed by atoms with van der Waals surface area (Å²) in [5, 5.41) is 9.40. The second kappa shape index (κ2) is 12.0. The summed E-state index contributed by atoms with van der Waals surface area (Å²) in [6.45, 7) is 10.7. The van der Waals surface area contributed by atoms with Crippen LogP contribution in [0.2, 0.25) is 0 Å². The van der Waals surface area contributed by atoms with Crippen LogP contribution in [0, 0.1) is 5.41 Å². The second-order valence-corrected chi connectivity index (χ2v) is 5.70. The Morgan fingerprint density at radius 2 is 1.55 bits per heavy atom. The number of hydrogen-bond donors (Lipinski definition) is 3. The smallest absolute Gasteiger partial charge is 0.406 e. The van der Waals surface area contributed by atoms with E-state index in [0.29, 0.717) is 6.61 Å². The molecule has 0 bridgehead atoms. The van der Waals surface area contributed by atoms with Crippen LogP contribution < -0.4 is 16.0 Å². The Kier molecular flexibility index (Phi) is 11.5. The topological polar surface area (TPSA) is 62.4 Å². The molecule has 120 valence electrons. The molecule has 0 unspecified atom stereocenters. The van der Waals surface area contributed by atoms with E-state index in [1.54, 1.807) is 7.05 Å². The Labute approximate surface area is 124 Å². The van der Waals surface area contributed by atoms with E-state index in [4.69, 9.17) is 4.74 Å². The lowest BCUT2D eigenvalue weighted by Crippen LogP contribution is -2.45. The van der Waals surface area contributed by atoms with E-state index in [9.17, 15) is 4.79 Å². The summed E-state index contributed by atoms with van der Waals surface area (Å²) >= 11 is 0. The van der Waals surface area contributed by atoms with Crippen molar-refractivity contribution in [3.05, 3.63) is 0 Å². The summed E-state index contributed by atoms with van der Waals surface area (Å²) in [4.78, 5) is 11.2. The molecule has 1 amide bonds. The third-order valence-electron chi connectivity index (χ3n) is 3.27. The Morgan fingerprint density at radius 1 is 1.05 bits per heavy atom. The lowest BCUT2D eigenvalue weighted by molar-refractivity contribution is 0.0904. The second-order valence-electron chi connectivity index (χ2n) is 5.70. The Bertz CT molecular complexity index is 235. The summed E-state index contributed by atoms with van der Waals surface area (Å²) < 4.78 is 5.24. The summed E-state index contributed by atoms with van der Waals surface area (Å²) in [5.41, 5.74) is -0.0754. The summed E-state index contributed by atoms with van der Waals surface area (Å²) in [6.07, 6.45) is 4.37. The number of hydrogen-bond acceptors (Lipinski definition) is 4. The molecule has 0 aromatic carbocycles. The Balaban J connectivity index is 4.15. The lowest BCUT2D eigenvalue weighted by Gasteiger charge is -2.30. The molecule has 0 heterocycles. The Morgan fingerprint density at radius 3 is 1.95 bits per heavy atom. The third kappa shape index (κ3) is 10.0. The highest BCUT2D eigenvalue weighted by Crippen LogP contribution is 2.15. The molecule has 0 aliphatic rings. The average molecular weight is 287 g/mol. The van der Waals surface area contributed by atoms with Gasteiger partial charge in [-0.05, 0) is 25.9 Å². The van der Waals surface area contributed by atoms with Crippen LogP contribution in [0.5, 0.6) is 0 Å². The largest absolute Gasteiger partial charge is 0.449 e. The first kappa shape index (κ1) is 19.2. The zero-order valence-corrected chi connectivity index (χ0v) is 13.7. The molecule has 0 aliphatic heterocycles. The monoisotopic (exact) mass is 287 g/mol. The van der Waals surface area contributed by atoms with Gasteiger partial charge in [-0.3, -0.25) is 0 Å². The van der Waals surface area contributed by atoms with Gasteiger partial charge in [0.2, 0.25) is 0 Å². The van der Waals surface area contributed by atoms with Crippen molar-refractivity contribution < 1.29 is 9.53 Å². The van der Waals surface area contributed by atoms with E-state index in [0.717, 1.165) is 26.2 Å². The number of carbonyl (C=O) groups excluding carboxylic acids is 1. The minimum Gasteiger partial charge on any atom is -0.449 e. The van der Waals surface area contributed by atoms with Crippen molar-refractivity contribution >= 4 is 6.09 Å². The van der Waals surface area contributed by atoms with Crippen LogP contribution in [0.1, 0.15) is 46.5 Å². The van der Waals surface area contributed by atoms with E-state index < -0.39 is 0 Å². The minimum atomic E-state index is -0.363. The fourth-order valence-electron chi connectivity index (χ4n) is 1.86. The van der Waals surface area contributed by atoms with E-state index in [-0.39, 0.29) is 11.5 Å². The van der Waals surface area contributed by atoms with Crippen LogP contribution in [0.25, 0.3) is 0 Å². The molecule has 20 heavy (non-hydrogen) atoms. The van der Waals surface area contributed by atoms with Crippen molar-refractivity contribution in [1.82, 2.24) is 16.0 Å². The van der Waals surface area contributed by atoms with Gasteiger partial charge < -0.3 is 20.7 Å². The lowest BCUT2D eigenvalue weighted by atomic mass is 9.91. The van der Waals surface area contributed by atoms with Gasteiger partial charge in [-0.15, -0.1) is 0 Å². The van der Waals surface area contributed by atoms with Gasteiger partial charge in [0, 0.05) is 25.6 Å². The highest BCUT2D eigenvalue weighted by atomic mass is 16.5. The molecule has 0 aromatic rings. The molecular formula is C15H33N3O2. The van der Waals surface area contributed by atoms with Crippen LogP contribution in [-0.4, -0.2) is 45.9 Å². The summed E-state index contributed by atoms with van der Waals surface area (Å²) in [7, 11) is 1.58. The van der Waals surface area contributed by atoms with E-state index in [1.165, 1.54) is 25.7 Å². The summed E-state index contributed by atoms with van der Waals surface area (Å²) in [6, 6.07) is 0. The molecule has 0 radical (unpaired) electrons. The van der Waals surface area contributed by atoms with Gasteiger partial charge in [-0.25, -0.2) is 4.79 Å². The number of amides is 1. The van der Waals surface area contributed by atoms with Crippen LogP contribution in [0.4, 0.5) is 4.79 Å². The maximum Gasteiger partial charge on any atom is 0.406 e. The molecule has 0 aliphatic carbocycles. The molecule has 0 fully saturated rings. The van der Waals surface area contributed by atoms with Crippen molar-refractivity contribution in [2.45, 2.75) is 46.5 Å². The zero-order valence-electron chi connectivity index (χ0n) is 13.7. The number of ether oxygens (including phenoxy) is 1. The number of alkyl carbamates (subject to hydrolysis) is 1. The summed E-state index contributed by atoms with van der Waals surface area (Å²) in [5.74, 6) is 0. The molecule has 0 atom stereocenters. The van der Waals surface area contributed by atoms with E-state index >= 15 is 0 Å². The van der Waals surface area contributed by atoms with Crippen molar-refractivity contribution in [3.8, 4) is 0 Å². The number of unbranched alkanes of at least 4 members (excludes halogenated alkanes) is 2. The van der Waals surface area contributed by atoms with Crippen LogP contribution >= 0.6 is 0 Å². The van der Waals surface area contributed by atoms with E-state index in [1.807, 2.05) is 0 Å². The maximum atomic E-state index is 11.2. The van der Waals surface area contributed by atoms with Gasteiger partial charge in [-0.2, -0.15) is 0 Å². The molecule has 0 saturated heterocycles. The molecule has 0 saturated carbocycles. The highest BCUT2D eigenvalue weighted by molar-refractivity contribution is 5.66. The zero-order chi connectivity index (χ0) is 15.3. The van der Waals surface area contributed by atoms with Gasteiger partial charge in [-0.1, -0.05) is 33.6 Å². The number of nitrogens with one attached hydrogen (secondary N) is 3. The first-order chi connectivity index (χ1) is 9.58. The van der Waals surface area contributed by atoms with Gasteiger partial charge in [0.05, 0.1) is 0 Å². The number of rotatable bonds is 12. The van der Waals surface area contributed by atoms with Crippen LogP contribution in [-0.2, 0) is 4.74 Å². The quantitative estimate of drug-likeness (QED) is 0.481. The van der Waals surface area contributed by atoms with Crippen molar-refractivity contribution in [2.24, 2.45) is 5.41 Å². The predicted molar refractivity (Wildman–Crippen MR) is 84.1 cm³/mol. The van der Waals surface area contributed by atoms with E-state index in [2.05, 4.69) is 36.7 Å². The van der Waals surface area contributed by atoms with Gasteiger partial charge >= 0.3 is 6.09 Å². The maximum absolute atomic E-state index is 11.2. The molecule has 0 rings (SSSR count). The first-order valence-corrected chi connectivity index (χ1v) is 7.84. The fourth-order valence-corrected chi connectivity index (χ4v) is 1.86. The SMILES string of the molecule is CCCCNCC(C)(CNCCCC)COC(=O)NC. The number of carbonyl (C=O) groups is 1. The molecule has 0 spiro atoms. The Hall–Kier alpha value is -0.810. The molecule has 5 nitrogen and oxygen atoms in total. The van der Waals surface area contributed by atoms with Crippen LogP contribution in [0.3, 0.4) is 0 Å². The minimum absolute atomic E-state index is 0.0754. The third-order valence-corrected chi connectivity index (χ3v) is 3.27. The van der Waals surface area contributed by atoms with Gasteiger partial charge in [0.1, 0.15) is 6.61 Å². The highest BCUT2D eigenvalue weighted by Gasteiger charge is 2.25. The molecule has 3 N–H and O–H groups in total. The fraction of sp³-hybridized carbons (Fsp3) is 0.933. The van der Waals surface area contributed by atoms with Crippen LogP contribution in [0.15, 0.2) is 0 Å².